The van der Waals surface area contributed by atoms with E-state index in [9.17, 15) is 38.4 Å². The van der Waals surface area contributed by atoms with Gasteiger partial charge in [0, 0.05) is 78.6 Å². The van der Waals surface area contributed by atoms with Gasteiger partial charge in [0.15, 0.2) is 24.4 Å². The predicted octanol–water partition coefficient (Wildman–Crippen LogP) is 5.34. The second kappa shape index (κ2) is 30.0. The van der Waals surface area contributed by atoms with Gasteiger partial charge >= 0.3 is 23.9 Å². The number of esters is 4. The average molecular weight is 1120 g/mol. The van der Waals surface area contributed by atoms with Crippen molar-refractivity contribution in [1.82, 2.24) is 19.6 Å². The van der Waals surface area contributed by atoms with Gasteiger partial charge in [0.25, 0.3) is 23.6 Å². The zero-order valence-electron chi connectivity index (χ0n) is 49.8. The van der Waals surface area contributed by atoms with E-state index in [1.54, 1.807) is 0 Å². The van der Waals surface area contributed by atoms with Gasteiger partial charge in [-0.1, -0.05) is 79.7 Å². The Morgan fingerprint density at radius 1 is 0.388 bits per heavy atom. The van der Waals surface area contributed by atoms with Gasteiger partial charge in [0.1, 0.15) is 24.2 Å². The van der Waals surface area contributed by atoms with Crippen LogP contribution in [0.5, 0.6) is 0 Å². The third-order valence-corrected chi connectivity index (χ3v) is 14.9. The number of likely N-dealkylation sites (N-methyl/N-ethyl adjacent to an activating group) is 4. The maximum Gasteiger partial charge on any atom is 0.329 e. The second-order valence-electron chi connectivity index (χ2n) is 23.3. The lowest BCUT2D eigenvalue weighted by atomic mass is 10.00. The topological polar surface area (TPSA) is 211 Å². The number of ether oxygens (including phenoxy) is 6. The van der Waals surface area contributed by atoms with E-state index < -0.39 is 96.1 Å². The molecule has 0 bridgehead atoms. The number of hydrogen-bond donors (Lipinski definition) is 0. The maximum atomic E-state index is 15.0. The van der Waals surface area contributed by atoms with Crippen LogP contribution in [0.3, 0.4) is 0 Å². The molecular formula is C60H90N6O14. The van der Waals surface area contributed by atoms with Crippen LogP contribution in [0.15, 0.2) is 48.5 Å². The molecule has 0 spiro atoms. The fraction of sp³-hybridized carbons (Fsp3) is 0.667. The number of hydrogen-bond acceptors (Lipinski definition) is 16. The number of amides is 4. The minimum absolute atomic E-state index is 0.0939. The van der Waals surface area contributed by atoms with E-state index in [2.05, 4.69) is 9.80 Å². The van der Waals surface area contributed by atoms with Crippen LogP contribution in [0.1, 0.15) is 106 Å². The molecule has 20 heteroatoms. The van der Waals surface area contributed by atoms with Crippen molar-refractivity contribution in [3.05, 3.63) is 59.7 Å². The Bertz CT molecular complexity index is 2220. The summed E-state index contributed by atoms with van der Waals surface area (Å²) in [5.74, 6) is -7.28. The molecule has 3 saturated heterocycles. The van der Waals surface area contributed by atoms with Gasteiger partial charge in [-0.2, -0.15) is 0 Å². The lowest BCUT2D eigenvalue weighted by Gasteiger charge is -2.35. The smallest absolute Gasteiger partial charge is 0.329 e. The van der Waals surface area contributed by atoms with Crippen LogP contribution in [0.25, 0.3) is 0 Å². The molecule has 3 fully saturated rings. The predicted molar refractivity (Wildman–Crippen MR) is 301 cm³/mol. The highest BCUT2D eigenvalue weighted by molar-refractivity contribution is 5.94. The minimum atomic E-state index is -1.51. The van der Waals surface area contributed by atoms with Crippen LogP contribution >= 0.6 is 0 Å². The van der Waals surface area contributed by atoms with Crippen LogP contribution in [0, 0.1) is 23.7 Å². The highest BCUT2D eigenvalue weighted by Gasteiger charge is 2.43. The normalized spacial score (nSPS) is 25.6. The molecule has 8 atom stereocenters. The van der Waals surface area contributed by atoms with Crippen molar-refractivity contribution in [2.75, 3.05) is 90.6 Å². The van der Waals surface area contributed by atoms with E-state index in [1.807, 2.05) is 104 Å². The summed E-state index contributed by atoms with van der Waals surface area (Å²) in [5.41, 5.74) is 3.17. The van der Waals surface area contributed by atoms with E-state index >= 15 is 0 Å². The van der Waals surface area contributed by atoms with Crippen LogP contribution < -0.4 is 9.80 Å². The first-order valence-electron chi connectivity index (χ1n) is 28.5. The minimum Gasteiger partial charge on any atom is -0.451 e. The third kappa shape index (κ3) is 17.9. The van der Waals surface area contributed by atoms with Crippen molar-refractivity contribution in [1.29, 1.82) is 0 Å². The lowest BCUT2D eigenvalue weighted by molar-refractivity contribution is -0.176. The summed E-state index contributed by atoms with van der Waals surface area (Å²) in [4.78, 5) is 126. The highest BCUT2D eigenvalue weighted by atomic mass is 16.6. The molecule has 3 aliphatic rings. The van der Waals surface area contributed by atoms with Gasteiger partial charge < -0.3 is 57.8 Å². The quantitative estimate of drug-likeness (QED) is 0.173. The Balaban J connectivity index is 1.59. The molecule has 0 aliphatic carbocycles. The number of carbonyl (C=O) groups excluding carboxylic acids is 8. The monoisotopic (exact) mass is 1120 g/mol. The number of anilines is 2. The van der Waals surface area contributed by atoms with E-state index in [4.69, 9.17) is 28.4 Å². The maximum absolute atomic E-state index is 15.0. The Morgan fingerprint density at radius 2 is 0.637 bits per heavy atom. The molecular weight excluding hydrogens is 1030 g/mol. The van der Waals surface area contributed by atoms with Crippen molar-refractivity contribution in [2.24, 2.45) is 23.7 Å². The molecule has 0 unspecified atom stereocenters. The summed E-state index contributed by atoms with van der Waals surface area (Å²) in [6.07, 6.45) is -5.82. The number of rotatable bonds is 14. The summed E-state index contributed by atoms with van der Waals surface area (Å²) in [7, 11) is 5.61. The molecule has 444 valence electrons. The van der Waals surface area contributed by atoms with Gasteiger partial charge in [-0.25, -0.2) is 19.2 Å². The first kappa shape index (κ1) is 64.5. The van der Waals surface area contributed by atoms with Gasteiger partial charge in [-0.05, 0) is 98.6 Å². The van der Waals surface area contributed by atoms with Gasteiger partial charge in [0.2, 0.25) is 0 Å². The van der Waals surface area contributed by atoms with Crippen molar-refractivity contribution in [3.63, 3.8) is 0 Å². The molecule has 3 aliphatic heterocycles. The fourth-order valence-corrected chi connectivity index (χ4v) is 10.2. The summed E-state index contributed by atoms with van der Waals surface area (Å²) in [6.45, 7) is 22.7. The molecule has 0 radical (unpaired) electrons. The largest absolute Gasteiger partial charge is 0.451 e. The SMILES string of the molecule is CC(C)C[C@@H]1C(=O)O[C@H](C)C(=O)N(C)[C@@H](CC(C)C)C(=O)O[C@H](Cc2ccc(N3CCOCC3)cc2)C(=O)N(C)[C@@H](CC(C)C)C(=O)O[C@H](C)C(=O)N(C)[C@@H](CC(C)C)C(=O)O[C@H](Cc2ccc(N3CCOCC3)cc2)C(=O)N1C. The summed E-state index contributed by atoms with van der Waals surface area (Å²) >= 11 is 0. The molecule has 80 heavy (non-hydrogen) atoms. The van der Waals surface area contributed by atoms with Gasteiger partial charge in [-0.3, -0.25) is 19.2 Å². The molecule has 2 aromatic rings. The van der Waals surface area contributed by atoms with Crippen LogP contribution in [0.2, 0.25) is 0 Å². The molecule has 4 amide bonds. The molecule has 0 N–H and O–H groups in total. The fourth-order valence-electron chi connectivity index (χ4n) is 10.2. The average Bonchev–Trinajstić information content (AvgIpc) is 3.44. The third-order valence-electron chi connectivity index (χ3n) is 14.9. The molecule has 3 heterocycles. The van der Waals surface area contributed by atoms with Gasteiger partial charge in [-0.15, -0.1) is 0 Å². The number of cyclic esters (lactones) is 4. The van der Waals surface area contributed by atoms with Gasteiger partial charge in [0.05, 0.1) is 26.4 Å². The first-order chi connectivity index (χ1) is 37.8. The van der Waals surface area contributed by atoms with Crippen molar-refractivity contribution < 1.29 is 66.8 Å². The van der Waals surface area contributed by atoms with E-state index in [1.165, 1.54) is 51.8 Å². The van der Waals surface area contributed by atoms with Crippen molar-refractivity contribution in [3.8, 4) is 0 Å². The van der Waals surface area contributed by atoms with Crippen LogP contribution in [-0.2, 0) is 79.6 Å². The van der Waals surface area contributed by atoms with Crippen LogP contribution in [-0.4, -0.2) is 196 Å². The standard InChI is InChI=1S/C60H90N6O14/c1-37(2)31-47-57(71)77-41(9)53(67)61(11)50(34-40(7)8)60(74)80-52(36-44-17-21-46(22-18-44)66-25-29-76-30-26-66)56(70)64(14)48(32-38(3)4)58(72)78-42(10)54(68)62(12)49(33-39(5)6)59(73)79-51(55(69)63(47)13)35-43-15-19-45(20-16-43)65-23-27-75-28-24-65/h15-22,37-42,47-52H,23-36H2,1-14H3/t41-,42-,47-,48+,49+,50+,51-,52-/m1/s1. The van der Waals surface area contributed by atoms with Crippen molar-refractivity contribution in [2.45, 2.75) is 156 Å². The molecule has 0 aromatic heterocycles. The number of nitrogens with zero attached hydrogens (tertiary/aromatic N) is 6. The van der Waals surface area contributed by atoms with Crippen LogP contribution in [0.4, 0.5) is 11.4 Å². The molecule has 0 saturated carbocycles. The summed E-state index contributed by atoms with van der Waals surface area (Å²) < 4.78 is 35.3. The Morgan fingerprint density at radius 3 is 0.900 bits per heavy atom. The molecule has 2 aromatic carbocycles. The zero-order chi connectivity index (χ0) is 59.1. The van der Waals surface area contributed by atoms with E-state index in [-0.39, 0.29) is 62.2 Å². The number of morpholine rings is 2. The summed E-state index contributed by atoms with van der Waals surface area (Å²) in [5, 5.41) is 0. The highest BCUT2D eigenvalue weighted by Crippen LogP contribution is 2.26. The summed E-state index contributed by atoms with van der Waals surface area (Å²) in [6, 6.07) is 9.92. The Labute approximate surface area is 474 Å². The van der Waals surface area contributed by atoms with E-state index in [0.717, 1.165) is 21.2 Å². The number of benzene rings is 2. The molecule has 5 rings (SSSR count). The Kier molecular flexibility index (Phi) is 24.2. The zero-order valence-corrected chi connectivity index (χ0v) is 49.8. The number of carbonyl (C=O) groups is 8. The van der Waals surface area contributed by atoms with E-state index in [0.29, 0.717) is 63.7 Å². The van der Waals surface area contributed by atoms with Crippen molar-refractivity contribution >= 4 is 58.9 Å². The second-order valence-corrected chi connectivity index (χ2v) is 23.3. The Hall–Kier alpha value is -6.28. The first-order valence-corrected chi connectivity index (χ1v) is 28.5. The molecule has 20 nitrogen and oxygen atoms in total. The lowest BCUT2D eigenvalue weighted by Crippen LogP contribution is -2.55.